The summed E-state index contributed by atoms with van der Waals surface area (Å²) in [5.41, 5.74) is 23.6. The number of hydrogen-bond donors (Lipinski definition) is 0. The first-order chi connectivity index (χ1) is 48.6. The molecule has 458 valence electrons. The smallest absolute Gasteiger partial charge is 0.136 e. The largest absolute Gasteiger partial charge is 0.456 e. The molecular formula is C92H58N4O2. The van der Waals surface area contributed by atoms with Crippen molar-refractivity contribution in [3.63, 3.8) is 0 Å². The number of fused-ring (bicyclic) bond motifs is 16. The standard InChI is InChI=1S/C92H58N4O2/c1-5-17-67(18-6-1)93(71-41-29-59(30-42-71)63-40-52-88-84(54-63)76-26-14-16-28-87(76)97-88)74-46-34-62-36-50-80-83-53-64(39-51-86(83)96(92(80)82(62)58-74)70-23-11-4-12-24-70)66-38-48-78-77-47-37-65(55-89(77)98-90(78)56-66)60-31-43-72(44-32-60)94(68-19-7-2-8-20-68)73-45-33-61-35-49-79-75-25-13-15-27-85(75)95(91(79)81(61)57-73)69-21-9-3-10-22-69/h1-58H. The van der Waals surface area contributed by atoms with E-state index in [2.05, 4.69) is 359 Å². The molecule has 16 aromatic carbocycles. The number of anilines is 6. The molecule has 0 amide bonds. The van der Waals surface area contributed by atoms with Crippen molar-refractivity contribution in [1.82, 2.24) is 9.13 Å². The van der Waals surface area contributed by atoms with Gasteiger partial charge in [0.25, 0.3) is 0 Å². The van der Waals surface area contributed by atoms with Crippen molar-refractivity contribution in [3.8, 4) is 44.8 Å². The second-order valence-corrected chi connectivity index (χ2v) is 25.6. The third kappa shape index (κ3) is 8.96. The Morgan fingerprint density at radius 2 is 0.551 bits per heavy atom. The summed E-state index contributed by atoms with van der Waals surface area (Å²) in [6.07, 6.45) is 0. The fourth-order valence-corrected chi connectivity index (χ4v) is 15.4. The first-order valence-corrected chi connectivity index (χ1v) is 33.4. The summed E-state index contributed by atoms with van der Waals surface area (Å²) in [5, 5.41) is 14.0. The Morgan fingerprint density at radius 1 is 0.194 bits per heavy atom. The second-order valence-electron chi connectivity index (χ2n) is 25.6. The van der Waals surface area contributed by atoms with Crippen molar-refractivity contribution in [2.24, 2.45) is 0 Å². The van der Waals surface area contributed by atoms with Crippen LogP contribution in [0, 0.1) is 0 Å². The highest BCUT2D eigenvalue weighted by molar-refractivity contribution is 6.21. The van der Waals surface area contributed by atoms with E-state index in [1.165, 1.54) is 54.1 Å². The van der Waals surface area contributed by atoms with Crippen molar-refractivity contribution in [2.75, 3.05) is 9.80 Å². The van der Waals surface area contributed by atoms with Crippen molar-refractivity contribution in [1.29, 1.82) is 0 Å². The van der Waals surface area contributed by atoms with Crippen LogP contribution in [0.2, 0.25) is 0 Å². The summed E-state index contributed by atoms with van der Waals surface area (Å²) in [5.74, 6) is 0. The van der Waals surface area contributed by atoms with Crippen molar-refractivity contribution in [3.05, 3.63) is 352 Å². The molecule has 0 aliphatic rings. The Hall–Kier alpha value is -13.2. The highest BCUT2D eigenvalue weighted by Gasteiger charge is 2.23. The van der Waals surface area contributed by atoms with Crippen LogP contribution in [-0.2, 0) is 0 Å². The van der Waals surface area contributed by atoms with Gasteiger partial charge in [-0.05, 0) is 202 Å². The van der Waals surface area contributed by atoms with Gasteiger partial charge in [-0.3, -0.25) is 0 Å². The van der Waals surface area contributed by atoms with Gasteiger partial charge in [0, 0.05) is 99.4 Å². The van der Waals surface area contributed by atoms with Crippen molar-refractivity contribution in [2.45, 2.75) is 0 Å². The summed E-state index contributed by atoms with van der Waals surface area (Å²) in [7, 11) is 0. The zero-order chi connectivity index (χ0) is 64.4. The van der Waals surface area contributed by atoms with Gasteiger partial charge in [-0.2, -0.15) is 0 Å². The summed E-state index contributed by atoms with van der Waals surface area (Å²) in [4.78, 5) is 4.73. The first-order valence-electron chi connectivity index (χ1n) is 33.4. The molecule has 0 atom stereocenters. The van der Waals surface area contributed by atoms with Gasteiger partial charge in [0.2, 0.25) is 0 Å². The molecule has 20 rings (SSSR count). The first kappa shape index (κ1) is 55.3. The molecular weight excluding hydrogens is 1190 g/mol. The lowest BCUT2D eigenvalue weighted by molar-refractivity contribution is 0.668. The van der Waals surface area contributed by atoms with E-state index >= 15 is 0 Å². The van der Waals surface area contributed by atoms with Crippen molar-refractivity contribution < 1.29 is 8.83 Å². The molecule has 0 aliphatic carbocycles. The van der Waals surface area contributed by atoms with E-state index in [0.717, 1.165) is 134 Å². The number of furan rings is 2. The van der Waals surface area contributed by atoms with Gasteiger partial charge in [-0.1, -0.05) is 194 Å². The fourth-order valence-electron chi connectivity index (χ4n) is 15.4. The molecule has 6 heteroatoms. The lowest BCUT2D eigenvalue weighted by atomic mass is 9.99. The molecule has 0 bridgehead atoms. The van der Waals surface area contributed by atoms with Gasteiger partial charge in [-0.25, -0.2) is 0 Å². The van der Waals surface area contributed by atoms with E-state index in [1.807, 2.05) is 12.1 Å². The van der Waals surface area contributed by atoms with Crippen LogP contribution in [0.15, 0.2) is 361 Å². The van der Waals surface area contributed by atoms with E-state index in [-0.39, 0.29) is 0 Å². The van der Waals surface area contributed by atoms with Gasteiger partial charge in [0.1, 0.15) is 22.3 Å². The maximum Gasteiger partial charge on any atom is 0.136 e. The second kappa shape index (κ2) is 22.2. The van der Waals surface area contributed by atoms with E-state index in [0.29, 0.717) is 0 Å². The lowest BCUT2D eigenvalue weighted by Crippen LogP contribution is -2.09. The molecule has 98 heavy (non-hydrogen) atoms. The van der Waals surface area contributed by atoms with Crippen molar-refractivity contribution >= 4 is 143 Å². The van der Waals surface area contributed by atoms with E-state index in [4.69, 9.17) is 8.83 Å². The summed E-state index contributed by atoms with van der Waals surface area (Å²) in [6.45, 7) is 0. The molecule has 0 saturated carbocycles. The van der Waals surface area contributed by atoms with E-state index < -0.39 is 0 Å². The molecule has 0 saturated heterocycles. The topological polar surface area (TPSA) is 42.6 Å². The number of hydrogen-bond acceptors (Lipinski definition) is 4. The summed E-state index contributed by atoms with van der Waals surface area (Å²) in [6, 6.07) is 127. The van der Waals surface area contributed by atoms with Gasteiger partial charge in [-0.15, -0.1) is 0 Å². The van der Waals surface area contributed by atoms with Crippen LogP contribution in [0.25, 0.3) is 154 Å². The van der Waals surface area contributed by atoms with Gasteiger partial charge in [0.15, 0.2) is 0 Å². The maximum absolute atomic E-state index is 6.87. The summed E-state index contributed by atoms with van der Waals surface area (Å²) >= 11 is 0. The number of aromatic nitrogens is 2. The van der Waals surface area contributed by atoms with Crippen LogP contribution < -0.4 is 9.80 Å². The highest BCUT2D eigenvalue weighted by atomic mass is 16.3. The Kier molecular flexibility index (Phi) is 12.6. The number of para-hydroxylation sites is 6. The Labute approximate surface area is 564 Å². The third-order valence-corrected chi connectivity index (χ3v) is 20.0. The molecule has 4 aromatic heterocycles. The Balaban J connectivity index is 0.641. The molecule has 0 spiro atoms. The van der Waals surface area contributed by atoms with Crippen LogP contribution in [0.5, 0.6) is 0 Å². The minimum absolute atomic E-state index is 0.854. The monoisotopic (exact) mass is 1250 g/mol. The van der Waals surface area contributed by atoms with Gasteiger partial charge in [0.05, 0.1) is 22.1 Å². The third-order valence-electron chi connectivity index (χ3n) is 20.0. The maximum atomic E-state index is 6.87. The molecule has 0 N–H and O–H groups in total. The number of nitrogens with zero attached hydrogens (tertiary/aromatic N) is 4. The fraction of sp³-hybridized carbons (Fsp3) is 0. The van der Waals surface area contributed by atoms with Gasteiger partial charge < -0.3 is 27.8 Å². The predicted molar refractivity (Wildman–Crippen MR) is 410 cm³/mol. The molecule has 0 radical (unpaired) electrons. The molecule has 4 heterocycles. The molecule has 0 unspecified atom stereocenters. The minimum atomic E-state index is 0.854. The molecule has 20 aromatic rings. The quantitative estimate of drug-likeness (QED) is 0.129. The van der Waals surface area contributed by atoms with Crippen LogP contribution in [-0.4, -0.2) is 9.13 Å². The number of rotatable bonds is 11. The average Bonchev–Trinajstić information content (AvgIpc) is 1.57. The minimum Gasteiger partial charge on any atom is -0.456 e. The van der Waals surface area contributed by atoms with Crippen LogP contribution in [0.3, 0.4) is 0 Å². The molecule has 6 nitrogen and oxygen atoms in total. The van der Waals surface area contributed by atoms with Crippen LogP contribution >= 0.6 is 0 Å². The Bertz CT molecular complexity index is 6530. The Morgan fingerprint density at radius 3 is 1.12 bits per heavy atom. The van der Waals surface area contributed by atoms with Crippen LogP contribution in [0.4, 0.5) is 34.1 Å². The molecule has 0 fully saturated rings. The zero-order valence-electron chi connectivity index (χ0n) is 53.1. The van der Waals surface area contributed by atoms with Crippen LogP contribution in [0.1, 0.15) is 0 Å². The normalized spacial score (nSPS) is 11.9. The zero-order valence-corrected chi connectivity index (χ0v) is 53.1. The average molecular weight is 1250 g/mol. The highest BCUT2D eigenvalue weighted by Crippen LogP contribution is 2.46. The molecule has 0 aliphatic heterocycles. The van der Waals surface area contributed by atoms with E-state index in [1.54, 1.807) is 0 Å². The predicted octanol–water partition coefficient (Wildman–Crippen LogP) is 25.9. The van der Waals surface area contributed by atoms with E-state index in [9.17, 15) is 0 Å². The van der Waals surface area contributed by atoms with Gasteiger partial charge >= 0.3 is 0 Å². The SMILES string of the molecule is c1ccc(N(c2ccc(-c3ccc4c(c3)oc3cc(-c5ccc6c(c5)c5ccc7ccc(N(c8ccccc8)c8ccc(-c9ccc%10oc%11ccccc%11c%10c9)cc8)cc7c5n6-c5ccccc5)ccc34)cc2)c2ccc3ccc4c5ccccc5n(-c5ccccc5)c4c3c2)cc1. The number of benzene rings is 16. The summed E-state index contributed by atoms with van der Waals surface area (Å²) < 4.78 is 17.9. The lowest BCUT2D eigenvalue weighted by Gasteiger charge is -2.26.